The highest BCUT2D eigenvalue weighted by Crippen LogP contribution is 2.18. The van der Waals surface area contributed by atoms with E-state index in [0.717, 1.165) is 27.8 Å². The van der Waals surface area contributed by atoms with Gasteiger partial charge in [0, 0.05) is 47.8 Å². The van der Waals surface area contributed by atoms with Crippen LogP contribution in [0.2, 0.25) is 0 Å². The maximum Gasteiger partial charge on any atom is 0.224 e. The molecule has 0 saturated heterocycles. The number of fused-ring (bicyclic) bond motifs is 1. The minimum atomic E-state index is -0.0278. The average molecular weight is 331 g/mol. The second kappa shape index (κ2) is 6.60. The maximum atomic E-state index is 12.4. The Kier molecular flexibility index (Phi) is 4.00. The minimum absolute atomic E-state index is 0.0278. The molecule has 3 heterocycles. The summed E-state index contributed by atoms with van der Waals surface area (Å²) in [4.78, 5) is 19.9. The Morgan fingerprint density at radius 3 is 2.88 bits per heavy atom. The Bertz CT molecular complexity index is 1000. The topological polar surface area (TPSA) is 75.6 Å². The second-order valence-electron chi connectivity index (χ2n) is 5.75. The standard InChI is InChI=1S/C19H17N5O/c25-18(11-15-13-21-17-7-2-1-6-16(15)17)22-12-14-5-3-8-20-19(14)24-10-4-9-23-24/h1-10,13,21H,11-12H2,(H,22,25). The fourth-order valence-corrected chi connectivity index (χ4v) is 2.88. The van der Waals surface area contributed by atoms with Gasteiger partial charge in [-0.3, -0.25) is 4.79 Å². The van der Waals surface area contributed by atoms with E-state index in [1.165, 1.54) is 0 Å². The van der Waals surface area contributed by atoms with Gasteiger partial charge in [-0.1, -0.05) is 24.3 Å². The van der Waals surface area contributed by atoms with Crippen molar-refractivity contribution in [1.82, 2.24) is 25.1 Å². The Labute approximate surface area is 144 Å². The number of carbonyl (C=O) groups is 1. The van der Waals surface area contributed by atoms with E-state index in [4.69, 9.17) is 0 Å². The first-order chi connectivity index (χ1) is 12.3. The number of carbonyl (C=O) groups excluding carboxylic acids is 1. The lowest BCUT2D eigenvalue weighted by Crippen LogP contribution is -2.25. The number of rotatable bonds is 5. The van der Waals surface area contributed by atoms with Crippen molar-refractivity contribution >= 4 is 16.8 Å². The molecular weight excluding hydrogens is 314 g/mol. The Morgan fingerprint density at radius 1 is 1.08 bits per heavy atom. The van der Waals surface area contributed by atoms with Gasteiger partial charge in [-0.15, -0.1) is 0 Å². The van der Waals surface area contributed by atoms with Crippen LogP contribution in [-0.4, -0.2) is 25.7 Å². The second-order valence-corrected chi connectivity index (χ2v) is 5.75. The SMILES string of the molecule is O=C(Cc1c[nH]c2ccccc12)NCc1cccnc1-n1cccn1. The van der Waals surface area contributed by atoms with Crippen LogP contribution in [0, 0.1) is 0 Å². The molecule has 1 amide bonds. The van der Waals surface area contributed by atoms with Gasteiger partial charge in [-0.2, -0.15) is 5.10 Å². The Morgan fingerprint density at radius 2 is 2.00 bits per heavy atom. The third kappa shape index (κ3) is 3.14. The molecule has 6 heteroatoms. The van der Waals surface area contributed by atoms with Gasteiger partial charge in [-0.25, -0.2) is 9.67 Å². The Hall–Kier alpha value is -3.41. The largest absolute Gasteiger partial charge is 0.361 e. The number of amides is 1. The van der Waals surface area contributed by atoms with Crippen molar-refractivity contribution in [3.8, 4) is 5.82 Å². The van der Waals surface area contributed by atoms with Crippen molar-refractivity contribution in [2.45, 2.75) is 13.0 Å². The molecule has 3 aromatic heterocycles. The van der Waals surface area contributed by atoms with Crippen LogP contribution < -0.4 is 5.32 Å². The van der Waals surface area contributed by atoms with Gasteiger partial charge in [0.2, 0.25) is 5.91 Å². The lowest BCUT2D eigenvalue weighted by Gasteiger charge is -2.09. The molecule has 2 N–H and O–H groups in total. The summed E-state index contributed by atoms with van der Waals surface area (Å²) >= 11 is 0. The van der Waals surface area contributed by atoms with Crippen LogP contribution in [0.25, 0.3) is 16.7 Å². The summed E-state index contributed by atoms with van der Waals surface area (Å²) in [6, 6.07) is 13.6. The zero-order valence-corrected chi connectivity index (χ0v) is 13.5. The van der Waals surface area contributed by atoms with Gasteiger partial charge in [0.05, 0.1) is 6.42 Å². The van der Waals surface area contributed by atoms with E-state index >= 15 is 0 Å². The number of nitrogens with zero attached hydrogens (tertiary/aromatic N) is 3. The molecule has 0 radical (unpaired) electrons. The molecule has 0 bridgehead atoms. The third-order valence-corrected chi connectivity index (χ3v) is 4.09. The van der Waals surface area contributed by atoms with Crippen molar-refractivity contribution in [2.75, 3.05) is 0 Å². The van der Waals surface area contributed by atoms with Crippen LogP contribution in [0.1, 0.15) is 11.1 Å². The summed E-state index contributed by atoms with van der Waals surface area (Å²) in [5, 5.41) is 8.26. The fraction of sp³-hybridized carbons (Fsp3) is 0.105. The van der Waals surface area contributed by atoms with E-state index < -0.39 is 0 Å². The van der Waals surface area contributed by atoms with Gasteiger partial charge in [0.1, 0.15) is 0 Å². The van der Waals surface area contributed by atoms with Crippen LogP contribution >= 0.6 is 0 Å². The third-order valence-electron chi connectivity index (χ3n) is 4.09. The lowest BCUT2D eigenvalue weighted by molar-refractivity contribution is -0.120. The molecule has 0 atom stereocenters. The maximum absolute atomic E-state index is 12.4. The van der Waals surface area contributed by atoms with E-state index in [0.29, 0.717) is 13.0 Å². The zero-order valence-electron chi connectivity index (χ0n) is 13.5. The molecule has 0 aliphatic rings. The smallest absolute Gasteiger partial charge is 0.224 e. The molecule has 4 aromatic rings. The zero-order chi connectivity index (χ0) is 17.1. The van der Waals surface area contributed by atoms with Gasteiger partial charge in [0.25, 0.3) is 0 Å². The van der Waals surface area contributed by atoms with E-state index in [1.807, 2.05) is 54.9 Å². The van der Waals surface area contributed by atoms with Crippen molar-refractivity contribution in [2.24, 2.45) is 0 Å². The summed E-state index contributed by atoms with van der Waals surface area (Å²) in [6.07, 6.45) is 7.48. The van der Waals surface area contributed by atoms with Crippen molar-refractivity contribution < 1.29 is 4.79 Å². The van der Waals surface area contributed by atoms with Crippen molar-refractivity contribution in [3.05, 3.63) is 78.4 Å². The highest BCUT2D eigenvalue weighted by Gasteiger charge is 2.10. The van der Waals surface area contributed by atoms with E-state index in [-0.39, 0.29) is 5.91 Å². The molecule has 0 spiro atoms. The molecule has 0 saturated carbocycles. The van der Waals surface area contributed by atoms with Crippen molar-refractivity contribution in [1.29, 1.82) is 0 Å². The molecule has 0 aliphatic carbocycles. The number of aromatic nitrogens is 4. The number of benzene rings is 1. The number of hydrogen-bond acceptors (Lipinski definition) is 3. The molecule has 1 aromatic carbocycles. The van der Waals surface area contributed by atoms with Crippen LogP contribution in [0.5, 0.6) is 0 Å². The monoisotopic (exact) mass is 331 g/mol. The highest BCUT2D eigenvalue weighted by atomic mass is 16.1. The van der Waals surface area contributed by atoms with E-state index in [9.17, 15) is 4.79 Å². The normalized spacial score (nSPS) is 10.9. The number of para-hydroxylation sites is 1. The van der Waals surface area contributed by atoms with Crippen LogP contribution in [0.15, 0.2) is 67.3 Å². The quantitative estimate of drug-likeness (QED) is 0.590. The van der Waals surface area contributed by atoms with Crippen LogP contribution in [-0.2, 0) is 17.8 Å². The first-order valence-electron chi connectivity index (χ1n) is 8.07. The number of aromatic amines is 1. The van der Waals surface area contributed by atoms with Crippen LogP contribution in [0.3, 0.4) is 0 Å². The number of pyridine rings is 1. The van der Waals surface area contributed by atoms with Gasteiger partial charge in [0.15, 0.2) is 5.82 Å². The van der Waals surface area contributed by atoms with Crippen LogP contribution in [0.4, 0.5) is 0 Å². The molecular formula is C19H17N5O. The van der Waals surface area contributed by atoms with E-state index in [2.05, 4.69) is 20.4 Å². The first kappa shape index (κ1) is 15.1. The average Bonchev–Trinajstić information content (AvgIpc) is 3.31. The first-order valence-corrected chi connectivity index (χ1v) is 8.07. The van der Waals surface area contributed by atoms with Crippen molar-refractivity contribution in [3.63, 3.8) is 0 Å². The fourth-order valence-electron chi connectivity index (χ4n) is 2.88. The molecule has 0 fully saturated rings. The van der Waals surface area contributed by atoms with Gasteiger partial charge < -0.3 is 10.3 Å². The molecule has 124 valence electrons. The van der Waals surface area contributed by atoms with Gasteiger partial charge >= 0.3 is 0 Å². The molecule has 0 aliphatic heterocycles. The molecule has 4 rings (SSSR count). The summed E-state index contributed by atoms with van der Waals surface area (Å²) in [5.41, 5.74) is 2.95. The number of nitrogens with one attached hydrogen (secondary N) is 2. The van der Waals surface area contributed by atoms with E-state index in [1.54, 1.807) is 17.1 Å². The summed E-state index contributed by atoms with van der Waals surface area (Å²) in [6.45, 7) is 0.407. The molecule has 0 unspecified atom stereocenters. The summed E-state index contributed by atoms with van der Waals surface area (Å²) < 4.78 is 1.70. The molecule has 25 heavy (non-hydrogen) atoms. The predicted molar refractivity (Wildman–Crippen MR) is 95.2 cm³/mol. The highest BCUT2D eigenvalue weighted by molar-refractivity contribution is 5.88. The minimum Gasteiger partial charge on any atom is -0.361 e. The van der Waals surface area contributed by atoms with Gasteiger partial charge in [-0.05, 0) is 23.8 Å². The number of H-pyrrole nitrogens is 1. The summed E-state index contributed by atoms with van der Waals surface area (Å²) in [7, 11) is 0. The lowest BCUT2D eigenvalue weighted by atomic mass is 10.1. The summed E-state index contributed by atoms with van der Waals surface area (Å²) in [5.74, 6) is 0.694. The number of hydrogen-bond donors (Lipinski definition) is 2. The Balaban J connectivity index is 1.46. The molecule has 6 nitrogen and oxygen atoms in total. The predicted octanol–water partition coefficient (Wildman–Crippen LogP) is 2.61.